The van der Waals surface area contributed by atoms with Crippen LogP contribution in [0.4, 0.5) is 10.1 Å². The first-order valence-corrected chi connectivity index (χ1v) is 9.58. The fourth-order valence-corrected chi connectivity index (χ4v) is 3.97. The van der Waals surface area contributed by atoms with Crippen molar-refractivity contribution in [1.82, 2.24) is 9.80 Å². The lowest BCUT2D eigenvalue weighted by Crippen LogP contribution is -2.45. The van der Waals surface area contributed by atoms with Gasteiger partial charge in [-0.05, 0) is 76.4 Å². The first kappa shape index (κ1) is 18.2. The fraction of sp³-hybridized carbons (Fsp3) is 0.650. The van der Waals surface area contributed by atoms with E-state index in [-0.39, 0.29) is 17.8 Å². The van der Waals surface area contributed by atoms with Gasteiger partial charge in [0.1, 0.15) is 5.82 Å². The number of benzene rings is 1. The summed E-state index contributed by atoms with van der Waals surface area (Å²) in [6.45, 7) is 3.89. The van der Waals surface area contributed by atoms with Gasteiger partial charge >= 0.3 is 0 Å². The number of hydrogen-bond donors (Lipinski definition) is 1. The molecule has 1 atom stereocenters. The second-order valence-electron chi connectivity index (χ2n) is 7.62. The van der Waals surface area contributed by atoms with Gasteiger partial charge in [0, 0.05) is 31.2 Å². The van der Waals surface area contributed by atoms with Crippen molar-refractivity contribution in [2.75, 3.05) is 38.5 Å². The Hall–Kier alpha value is -1.62. The largest absolute Gasteiger partial charge is 0.380 e. The number of likely N-dealkylation sites (tertiary alicyclic amines) is 2. The summed E-state index contributed by atoms with van der Waals surface area (Å²) in [5.41, 5.74) is 0.797. The number of hydrogen-bond acceptors (Lipinski definition) is 3. The Labute approximate surface area is 150 Å². The van der Waals surface area contributed by atoms with Crippen LogP contribution >= 0.6 is 0 Å². The van der Waals surface area contributed by atoms with Gasteiger partial charge in [-0.3, -0.25) is 4.79 Å². The zero-order valence-electron chi connectivity index (χ0n) is 15.2. The maximum absolute atomic E-state index is 13.3. The molecule has 0 spiro atoms. The second kappa shape index (κ2) is 8.65. The average Bonchev–Trinajstić information content (AvgIpc) is 2.61. The third kappa shape index (κ3) is 5.43. The van der Waals surface area contributed by atoms with E-state index in [2.05, 4.69) is 17.3 Å². The van der Waals surface area contributed by atoms with E-state index in [0.717, 1.165) is 51.1 Å². The van der Waals surface area contributed by atoms with E-state index >= 15 is 0 Å². The minimum atomic E-state index is -0.230. The molecule has 2 saturated heterocycles. The molecule has 1 N–H and O–H groups in total. The summed E-state index contributed by atoms with van der Waals surface area (Å²) in [5.74, 6) is 0.752. The molecule has 0 bridgehead atoms. The molecule has 1 aromatic rings. The van der Waals surface area contributed by atoms with Crippen LogP contribution in [0.5, 0.6) is 0 Å². The number of piperidine rings is 2. The monoisotopic (exact) mass is 347 g/mol. The molecule has 1 amide bonds. The average molecular weight is 347 g/mol. The molecule has 4 nitrogen and oxygen atoms in total. The maximum atomic E-state index is 13.3. The van der Waals surface area contributed by atoms with Gasteiger partial charge in [-0.1, -0.05) is 6.07 Å². The van der Waals surface area contributed by atoms with Crippen LogP contribution in [0.25, 0.3) is 0 Å². The summed E-state index contributed by atoms with van der Waals surface area (Å²) in [5, 5.41) is 3.38. The molecule has 0 aliphatic carbocycles. The van der Waals surface area contributed by atoms with Gasteiger partial charge < -0.3 is 15.1 Å². The molecule has 5 heteroatoms. The van der Waals surface area contributed by atoms with Gasteiger partial charge in [0.2, 0.25) is 5.91 Å². The Bertz CT molecular complexity index is 572. The van der Waals surface area contributed by atoms with Crippen LogP contribution in [-0.2, 0) is 4.79 Å². The fourth-order valence-electron chi connectivity index (χ4n) is 3.97. The molecular weight excluding hydrogens is 317 g/mol. The van der Waals surface area contributed by atoms with E-state index in [4.69, 9.17) is 0 Å². The summed E-state index contributed by atoms with van der Waals surface area (Å²) in [4.78, 5) is 16.9. The van der Waals surface area contributed by atoms with Crippen molar-refractivity contribution in [3.63, 3.8) is 0 Å². The number of amides is 1. The zero-order chi connectivity index (χ0) is 17.6. The molecule has 2 heterocycles. The maximum Gasteiger partial charge on any atom is 0.222 e. The minimum Gasteiger partial charge on any atom is -0.380 e. The summed E-state index contributed by atoms with van der Waals surface area (Å²) < 4.78 is 13.3. The molecule has 2 aliphatic heterocycles. The number of halogens is 1. The first-order valence-electron chi connectivity index (χ1n) is 9.58. The quantitative estimate of drug-likeness (QED) is 0.887. The molecular formula is C20H30FN3O. The van der Waals surface area contributed by atoms with Gasteiger partial charge in [0.15, 0.2) is 0 Å². The van der Waals surface area contributed by atoms with Crippen molar-refractivity contribution < 1.29 is 9.18 Å². The molecule has 0 radical (unpaired) electrons. The van der Waals surface area contributed by atoms with Gasteiger partial charge in [-0.15, -0.1) is 0 Å². The molecule has 0 saturated carbocycles. The lowest BCUT2D eigenvalue weighted by Gasteiger charge is -2.34. The third-order valence-corrected chi connectivity index (χ3v) is 5.57. The topological polar surface area (TPSA) is 35.6 Å². The van der Waals surface area contributed by atoms with Gasteiger partial charge in [-0.2, -0.15) is 0 Å². The van der Waals surface area contributed by atoms with E-state index in [0.29, 0.717) is 12.3 Å². The third-order valence-electron chi connectivity index (χ3n) is 5.57. The number of carbonyl (C=O) groups is 1. The molecule has 1 aromatic carbocycles. The summed E-state index contributed by atoms with van der Waals surface area (Å²) in [6.07, 6.45) is 6.15. The number of nitrogens with zero attached hydrogens (tertiary/aromatic N) is 2. The number of anilines is 1. The van der Waals surface area contributed by atoms with E-state index in [9.17, 15) is 9.18 Å². The highest BCUT2D eigenvalue weighted by Gasteiger charge is 2.25. The van der Waals surface area contributed by atoms with Crippen LogP contribution in [0.3, 0.4) is 0 Å². The van der Waals surface area contributed by atoms with Gasteiger partial charge in [0.05, 0.1) is 0 Å². The molecule has 0 aromatic heterocycles. The molecule has 25 heavy (non-hydrogen) atoms. The standard InChI is InChI=1S/C20H30FN3O/c1-23-12-9-16(10-13-23)7-8-20(25)24-11-3-6-19(15-24)22-18-5-2-4-17(21)14-18/h2,4-5,14,16,19,22H,3,6-13,15H2,1H3. The van der Waals surface area contributed by atoms with Crippen LogP contribution in [0.2, 0.25) is 0 Å². The smallest absolute Gasteiger partial charge is 0.222 e. The normalized spacial score (nSPS) is 22.8. The Morgan fingerprint density at radius 1 is 1.24 bits per heavy atom. The Balaban J connectivity index is 1.45. The van der Waals surface area contributed by atoms with E-state index in [1.54, 1.807) is 6.07 Å². The lowest BCUT2D eigenvalue weighted by molar-refractivity contribution is -0.132. The number of rotatable bonds is 5. The molecule has 3 rings (SSSR count). The van der Waals surface area contributed by atoms with Crippen molar-refractivity contribution in [1.29, 1.82) is 0 Å². The van der Waals surface area contributed by atoms with E-state index in [1.807, 2.05) is 11.0 Å². The highest BCUT2D eigenvalue weighted by Crippen LogP contribution is 2.23. The first-order chi connectivity index (χ1) is 12.1. The Morgan fingerprint density at radius 3 is 2.80 bits per heavy atom. The zero-order valence-corrected chi connectivity index (χ0v) is 15.2. The van der Waals surface area contributed by atoms with Crippen molar-refractivity contribution in [2.45, 2.75) is 44.6 Å². The van der Waals surface area contributed by atoms with Gasteiger partial charge in [-0.25, -0.2) is 4.39 Å². The number of carbonyl (C=O) groups excluding carboxylic acids is 1. The van der Waals surface area contributed by atoms with Crippen LogP contribution in [-0.4, -0.2) is 55.0 Å². The molecule has 2 aliphatic rings. The Morgan fingerprint density at radius 2 is 2.04 bits per heavy atom. The van der Waals surface area contributed by atoms with Crippen LogP contribution in [0.1, 0.15) is 38.5 Å². The summed E-state index contributed by atoms with van der Waals surface area (Å²) in [6, 6.07) is 6.77. The van der Waals surface area contributed by atoms with Crippen LogP contribution in [0.15, 0.2) is 24.3 Å². The van der Waals surface area contributed by atoms with Crippen molar-refractivity contribution in [3.8, 4) is 0 Å². The van der Waals surface area contributed by atoms with Gasteiger partial charge in [0.25, 0.3) is 0 Å². The van der Waals surface area contributed by atoms with Crippen molar-refractivity contribution >= 4 is 11.6 Å². The van der Waals surface area contributed by atoms with E-state index in [1.165, 1.54) is 25.0 Å². The van der Waals surface area contributed by atoms with Crippen molar-refractivity contribution in [3.05, 3.63) is 30.1 Å². The highest BCUT2D eigenvalue weighted by atomic mass is 19.1. The summed E-state index contributed by atoms with van der Waals surface area (Å²) >= 11 is 0. The SMILES string of the molecule is CN1CCC(CCC(=O)N2CCCC(Nc3cccc(F)c3)C2)CC1. The highest BCUT2D eigenvalue weighted by molar-refractivity contribution is 5.76. The van der Waals surface area contributed by atoms with E-state index < -0.39 is 0 Å². The molecule has 1 unspecified atom stereocenters. The molecule has 2 fully saturated rings. The molecule has 138 valence electrons. The second-order valence-corrected chi connectivity index (χ2v) is 7.62. The lowest BCUT2D eigenvalue weighted by atomic mass is 9.92. The predicted octanol–water partition coefficient (Wildman–Crippen LogP) is 3.35. The summed E-state index contributed by atoms with van der Waals surface area (Å²) in [7, 11) is 2.17. The predicted molar refractivity (Wildman–Crippen MR) is 99.1 cm³/mol. The number of nitrogens with one attached hydrogen (secondary N) is 1. The minimum absolute atomic E-state index is 0.211. The Kier molecular flexibility index (Phi) is 6.29. The van der Waals surface area contributed by atoms with Crippen LogP contribution < -0.4 is 5.32 Å². The van der Waals surface area contributed by atoms with Crippen LogP contribution in [0, 0.1) is 11.7 Å². The van der Waals surface area contributed by atoms with Crippen molar-refractivity contribution in [2.24, 2.45) is 5.92 Å².